The minimum absolute atomic E-state index is 0.200. The maximum Gasteiger partial charge on any atom is 0.252 e. The highest BCUT2D eigenvalue weighted by Crippen LogP contribution is 2.47. The highest BCUT2D eigenvalue weighted by molar-refractivity contribution is 7.23. The summed E-state index contributed by atoms with van der Waals surface area (Å²) in [6, 6.07) is 121. The SMILES string of the molecule is Cc1cc(C)cc(N2c3cc(-n4c5ccccc5c5c(C)cccc54)cc4c3B(c3ccc(C)cc3N4c3ccccc3[Si](c3ccccc3)(c3ccccc3)c3ccccc3)c3c2cccc3[Si](c2ccccc2)(c2ccccc2)c2ccccc2)c1. The van der Waals surface area contributed by atoms with Gasteiger partial charge in [0.1, 0.15) is 0 Å². The average Bonchev–Trinajstić information content (AvgIpc) is 0.746. The molecule has 0 bridgehead atoms. The van der Waals surface area contributed by atoms with Crippen LogP contribution < -0.4 is 67.7 Å². The molecule has 0 saturated carbocycles. The van der Waals surface area contributed by atoms with Crippen molar-refractivity contribution in [2.45, 2.75) is 27.7 Å². The van der Waals surface area contributed by atoms with Gasteiger partial charge < -0.3 is 14.4 Å². The quantitative estimate of drug-likeness (QED) is 0.0945. The molecule has 2 aliphatic heterocycles. The van der Waals surface area contributed by atoms with E-state index in [2.05, 4.69) is 358 Å². The van der Waals surface area contributed by atoms with Gasteiger partial charge in [-0.05, 0) is 162 Å². The Morgan fingerprint density at radius 3 is 1.28 bits per heavy atom. The van der Waals surface area contributed by atoms with Gasteiger partial charge >= 0.3 is 0 Å². The van der Waals surface area contributed by atoms with Crippen molar-refractivity contribution in [3.8, 4) is 5.69 Å². The van der Waals surface area contributed by atoms with Crippen molar-refractivity contribution in [3.63, 3.8) is 0 Å². The van der Waals surface area contributed by atoms with Gasteiger partial charge in [-0.1, -0.05) is 261 Å². The number of aryl methyl sites for hydroxylation is 4. The van der Waals surface area contributed by atoms with Crippen molar-refractivity contribution in [1.29, 1.82) is 0 Å². The van der Waals surface area contributed by atoms with E-state index < -0.39 is 16.1 Å². The van der Waals surface area contributed by atoms with Gasteiger partial charge in [0.25, 0.3) is 6.71 Å². The van der Waals surface area contributed by atoms with Crippen LogP contribution in [0, 0.1) is 27.7 Å². The molecule has 16 rings (SSSR count). The summed E-state index contributed by atoms with van der Waals surface area (Å²) in [5, 5.41) is 13.3. The van der Waals surface area contributed by atoms with Crippen LogP contribution in [0.2, 0.25) is 0 Å². The molecule has 0 saturated heterocycles. The molecule has 3 heterocycles. The largest absolute Gasteiger partial charge is 0.311 e. The second kappa shape index (κ2) is 21.3. The molecule has 0 aliphatic carbocycles. The predicted molar refractivity (Wildman–Crippen MR) is 381 cm³/mol. The van der Waals surface area contributed by atoms with E-state index >= 15 is 0 Å². The summed E-state index contributed by atoms with van der Waals surface area (Å²) in [6.45, 7) is 8.85. The molecule has 0 amide bonds. The molecule has 0 N–H and O–H groups in total. The summed E-state index contributed by atoms with van der Waals surface area (Å²) < 4.78 is 2.56. The maximum atomic E-state index is 2.72. The van der Waals surface area contributed by atoms with Gasteiger partial charge in [0.2, 0.25) is 0 Å². The van der Waals surface area contributed by atoms with Crippen LogP contribution in [0.25, 0.3) is 27.5 Å². The van der Waals surface area contributed by atoms with E-state index in [-0.39, 0.29) is 6.71 Å². The topological polar surface area (TPSA) is 11.4 Å². The van der Waals surface area contributed by atoms with Crippen molar-refractivity contribution in [2.75, 3.05) is 9.80 Å². The van der Waals surface area contributed by atoms with Crippen LogP contribution in [0.5, 0.6) is 0 Å². The van der Waals surface area contributed by atoms with Gasteiger partial charge in [-0.15, -0.1) is 0 Å². The third kappa shape index (κ3) is 8.09. The van der Waals surface area contributed by atoms with Crippen LogP contribution in [0.4, 0.5) is 34.1 Å². The number of aromatic nitrogens is 1. The molecule has 1 aromatic heterocycles. The molecule has 418 valence electrons. The standard InChI is InChI=1S/C82H64BN3Si2/c1-57-49-50-70-75(54-57)86(72-44-25-26-47-78(72)87(63-30-11-5-12-31-63,64-32-13-6-14-33-64)65-34-15-7-16-35-65)77-56-62(84-71-43-24-23-42-69(71)80-60(4)29-27-45-73(80)84)55-76-81(77)83(70)82-74(85(76)61-52-58(2)51-59(3)53-61)46-28-48-79(82)88(66-36-17-8-18-37-66,67-38-19-9-20-39-67)68-40-21-10-22-41-68/h5-56H,1-4H3. The molecule has 0 fully saturated rings. The molecule has 0 atom stereocenters. The lowest BCUT2D eigenvalue weighted by molar-refractivity contribution is 1.16. The monoisotopic (exact) mass is 1160 g/mol. The lowest BCUT2D eigenvalue weighted by Gasteiger charge is -2.48. The fourth-order valence-electron chi connectivity index (χ4n) is 15.7. The molecule has 0 radical (unpaired) electrons. The Labute approximate surface area is 518 Å². The Morgan fingerprint density at radius 1 is 0.284 bits per heavy atom. The van der Waals surface area contributed by atoms with Crippen LogP contribution in [0.15, 0.2) is 315 Å². The second-order valence-corrected chi connectivity index (χ2v) is 31.7. The van der Waals surface area contributed by atoms with Gasteiger partial charge in [-0.25, -0.2) is 0 Å². The van der Waals surface area contributed by atoms with E-state index in [1.54, 1.807) is 0 Å². The first-order chi connectivity index (χ1) is 43.3. The fourth-order valence-corrected chi connectivity index (χ4v) is 25.7. The van der Waals surface area contributed by atoms with E-state index in [0.717, 1.165) is 11.4 Å². The number of rotatable bonds is 11. The Bertz CT molecular complexity index is 4760. The third-order valence-corrected chi connectivity index (χ3v) is 28.7. The minimum Gasteiger partial charge on any atom is -0.311 e. The first kappa shape index (κ1) is 53.2. The van der Waals surface area contributed by atoms with E-state index in [9.17, 15) is 0 Å². The van der Waals surface area contributed by atoms with Crippen molar-refractivity contribution in [1.82, 2.24) is 4.57 Å². The normalized spacial score (nSPS) is 12.7. The summed E-state index contributed by atoms with van der Waals surface area (Å²) >= 11 is 0. The second-order valence-electron chi connectivity index (χ2n) is 24.2. The number of hydrogen-bond acceptors (Lipinski definition) is 2. The predicted octanol–water partition coefficient (Wildman–Crippen LogP) is 12.9. The molecule has 14 aromatic rings. The number of benzene rings is 13. The third-order valence-electron chi connectivity index (χ3n) is 19.1. The number of para-hydroxylation sites is 2. The molecule has 13 aromatic carbocycles. The van der Waals surface area contributed by atoms with Gasteiger partial charge in [-0.2, -0.15) is 0 Å². The van der Waals surface area contributed by atoms with Crippen molar-refractivity contribution in [3.05, 3.63) is 338 Å². The minimum atomic E-state index is -3.22. The lowest BCUT2D eigenvalue weighted by atomic mass is 9.33. The van der Waals surface area contributed by atoms with Crippen LogP contribution in [0.1, 0.15) is 22.3 Å². The molecule has 0 unspecified atom stereocenters. The van der Waals surface area contributed by atoms with Crippen molar-refractivity contribution < 1.29 is 0 Å². The molecule has 3 nitrogen and oxygen atoms in total. The fraction of sp³-hybridized carbons (Fsp3) is 0.0488. The van der Waals surface area contributed by atoms with Crippen molar-refractivity contribution in [2.24, 2.45) is 0 Å². The number of fused-ring (bicyclic) bond motifs is 7. The van der Waals surface area contributed by atoms with Gasteiger partial charge in [0, 0.05) is 44.9 Å². The first-order valence-electron chi connectivity index (χ1n) is 30.9. The van der Waals surface area contributed by atoms with Crippen LogP contribution in [-0.4, -0.2) is 27.4 Å². The molecular formula is C82H64BN3Si2. The number of hydrogen-bond donors (Lipinski definition) is 0. The number of nitrogens with zero attached hydrogens (tertiary/aromatic N) is 3. The zero-order valence-electron chi connectivity index (χ0n) is 49.9. The zero-order valence-corrected chi connectivity index (χ0v) is 51.9. The summed E-state index contributed by atoms with van der Waals surface area (Å²) in [4.78, 5) is 5.38. The summed E-state index contributed by atoms with van der Waals surface area (Å²) in [7, 11) is -6.41. The molecular weight excluding hydrogens is 1090 g/mol. The summed E-state index contributed by atoms with van der Waals surface area (Å²) in [5.74, 6) is 0. The molecule has 0 spiro atoms. The van der Waals surface area contributed by atoms with E-state index in [0.29, 0.717) is 0 Å². The van der Waals surface area contributed by atoms with Crippen molar-refractivity contribution >= 4 is 137 Å². The molecule has 88 heavy (non-hydrogen) atoms. The molecule has 6 heteroatoms. The average molecular weight is 1160 g/mol. The van der Waals surface area contributed by atoms with E-state index in [4.69, 9.17) is 0 Å². The highest BCUT2D eigenvalue weighted by Gasteiger charge is 2.52. The van der Waals surface area contributed by atoms with E-state index in [1.807, 2.05) is 0 Å². The van der Waals surface area contributed by atoms with Gasteiger partial charge in [-0.3, -0.25) is 0 Å². The number of anilines is 6. The summed E-state index contributed by atoms with van der Waals surface area (Å²) in [5.41, 5.74) is 19.3. The molecule has 2 aliphatic rings. The van der Waals surface area contributed by atoms with Crippen LogP contribution >= 0.6 is 0 Å². The lowest BCUT2D eigenvalue weighted by Crippen LogP contribution is -2.80. The van der Waals surface area contributed by atoms with E-state index in [1.165, 1.54) is 130 Å². The van der Waals surface area contributed by atoms with Crippen LogP contribution in [-0.2, 0) is 0 Å². The Hall–Kier alpha value is -10.2. The van der Waals surface area contributed by atoms with Crippen LogP contribution in [0.3, 0.4) is 0 Å². The first-order valence-corrected chi connectivity index (χ1v) is 34.9. The smallest absolute Gasteiger partial charge is 0.252 e. The zero-order chi connectivity index (χ0) is 59.1. The van der Waals surface area contributed by atoms with Gasteiger partial charge in [0.15, 0.2) is 16.1 Å². The highest BCUT2D eigenvalue weighted by atomic mass is 28.3. The summed E-state index contributed by atoms with van der Waals surface area (Å²) in [6.07, 6.45) is 0. The van der Waals surface area contributed by atoms with Gasteiger partial charge in [0.05, 0.1) is 16.7 Å². The Morgan fingerprint density at radius 2 is 0.727 bits per heavy atom. The maximum absolute atomic E-state index is 3.22. The Balaban J connectivity index is 1.11. The Kier molecular flexibility index (Phi) is 12.9.